The van der Waals surface area contributed by atoms with Crippen LogP contribution < -0.4 is 10.2 Å². The van der Waals surface area contributed by atoms with E-state index in [0.29, 0.717) is 19.5 Å². The molecular weight excluding hydrogens is 532 g/mol. The van der Waals surface area contributed by atoms with Crippen LogP contribution in [0.15, 0.2) is 42.5 Å². The number of hydrogen-bond donors (Lipinski definition) is 1. The first kappa shape index (κ1) is 31.3. The molecule has 1 saturated heterocycles. The van der Waals surface area contributed by atoms with E-state index in [4.69, 9.17) is 9.47 Å². The molecule has 2 aliphatic rings. The third-order valence-electron chi connectivity index (χ3n) is 7.59. The zero-order valence-corrected chi connectivity index (χ0v) is 26.1. The number of ether oxygens (including phenoxy) is 2. The van der Waals surface area contributed by atoms with Gasteiger partial charge in [0.25, 0.3) is 0 Å². The van der Waals surface area contributed by atoms with Crippen molar-refractivity contribution in [3.05, 3.63) is 53.6 Å². The Labute approximate surface area is 250 Å². The molecule has 1 N–H and O–H groups in total. The van der Waals surface area contributed by atoms with Gasteiger partial charge in [-0.15, -0.1) is 0 Å². The molecule has 0 spiro atoms. The van der Waals surface area contributed by atoms with Gasteiger partial charge in [0.2, 0.25) is 5.91 Å². The molecule has 2 unspecified atom stereocenters. The Kier molecular flexibility index (Phi) is 9.82. The van der Waals surface area contributed by atoms with Crippen molar-refractivity contribution in [1.82, 2.24) is 15.1 Å². The summed E-state index contributed by atoms with van der Waals surface area (Å²) in [5.41, 5.74) is 4.51. The highest BCUT2D eigenvalue weighted by Gasteiger charge is 2.34. The fourth-order valence-corrected chi connectivity index (χ4v) is 5.75. The van der Waals surface area contributed by atoms with Gasteiger partial charge >= 0.3 is 12.2 Å². The van der Waals surface area contributed by atoms with E-state index in [2.05, 4.69) is 40.5 Å². The molecule has 228 valence electrons. The van der Waals surface area contributed by atoms with Gasteiger partial charge < -0.3 is 24.6 Å². The van der Waals surface area contributed by atoms with Gasteiger partial charge in [-0.25, -0.2) is 9.59 Å². The average molecular weight is 579 g/mol. The predicted octanol–water partition coefficient (Wildman–Crippen LogP) is 6.12. The number of nitrogens with one attached hydrogen (secondary N) is 1. The van der Waals surface area contributed by atoms with Crippen molar-refractivity contribution < 1.29 is 23.9 Å². The van der Waals surface area contributed by atoms with Crippen LogP contribution in [-0.4, -0.2) is 71.8 Å². The Morgan fingerprint density at radius 3 is 2.31 bits per heavy atom. The van der Waals surface area contributed by atoms with E-state index in [9.17, 15) is 14.4 Å². The summed E-state index contributed by atoms with van der Waals surface area (Å²) in [6.07, 6.45) is 0.587. The summed E-state index contributed by atoms with van der Waals surface area (Å²) in [7, 11) is 0. The Morgan fingerprint density at radius 1 is 0.976 bits per heavy atom. The number of fused-ring (bicyclic) bond motifs is 1. The van der Waals surface area contributed by atoms with Gasteiger partial charge in [-0.3, -0.25) is 9.69 Å². The van der Waals surface area contributed by atoms with E-state index >= 15 is 0 Å². The average Bonchev–Trinajstić information content (AvgIpc) is 3.13. The van der Waals surface area contributed by atoms with Crippen molar-refractivity contribution in [1.29, 1.82) is 0 Å². The number of anilines is 1. The van der Waals surface area contributed by atoms with E-state index in [-0.39, 0.29) is 30.2 Å². The fraction of sp³-hybridized carbons (Fsp3) is 0.545. The topological polar surface area (TPSA) is 91.4 Å². The predicted molar refractivity (Wildman–Crippen MR) is 164 cm³/mol. The summed E-state index contributed by atoms with van der Waals surface area (Å²) < 4.78 is 10.9. The monoisotopic (exact) mass is 578 g/mol. The van der Waals surface area contributed by atoms with Gasteiger partial charge in [0.15, 0.2) is 0 Å². The summed E-state index contributed by atoms with van der Waals surface area (Å²) in [5.74, 6) is -0.0215. The lowest BCUT2D eigenvalue weighted by Gasteiger charge is -2.39. The number of nitrogens with zero attached hydrogens (tertiary/aromatic N) is 3. The fourth-order valence-electron chi connectivity index (χ4n) is 5.75. The van der Waals surface area contributed by atoms with Gasteiger partial charge in [0, 0.05) is 51.4 Å². The van der Waals surface area contributed by atoms with Crippen LogP contribution in [0.1, 0.15) is 78.5 Å². The molecule has 0 radical (unpaired) electrons. The molecule has 2 atom stereocenters. The Morgan fingerprint density at radius 2 is 1.67 bits per heavy atom. The van der Waals surface area contributed by atoms with Crippen LogP contribution in [0.3, 0.4) is 0 Å². The highest BCUT2D eigenvalue weighted by molar-refractivity contribution is 5.94. The molecule has 0 saturated carbocycles. The smallest absolute Gasteiger partial charge is 0.410 e. The van der Waals surface area contributed by atoms with Crippen LogP contribution in [0.5, 0.6) is 0 Å². The third kappa shape index (κ3) is 8.03. The molecule has 2 aromatic carbocycles. The first-order valence-electron chi connectivity index (χ1n) is 15.0. The van der Waals surface area contributed by atoms with E-state index < -0.39 is 11.7 Å². The first-order chi connectivity index (χ1) is 19.8. The number of hydrogen-bond acceptors (Lipinski definition) is 6. The maximum atomic E-state index is 12.5. The molecule has 9 heteroatoms. The summed E-state index contributed by atoms with van der Waals surface area (Å²) in [4.78, 5) is 43.5. The van der Waals surface area contributed by atoms with E-state index in [0.717, 1.165) is 48.4 Å². The molecule has 2 aromatic rings. The van der Waals surface area contributed by atoms with Crippen LogP contribution >= 0.6 is 0 Å². The third-order valence-corrected chi connectivity index (χ3v) is 7.59. The van der Waals surface area contributed by atoms with Crippen LogP contribution in [0.2, 0.25) is 0 Å². The van der Waals surface area contributed by atoms with Crippen LogP contribution in [0.25, 0.3) is 11.1 Å². The highest BCUT2D eigenvalue weighted by Crippen LogP contribution is 2.39. The summed E-state index contributed by atoms with van der Waals surface area (Å²) in [6, 6.07) is 14.3. The minimum Gasteiger partial charge on any atom is -0.447 e. The molecule has 0 aliphatic carbocycles. The molecule has 4 rings (SSSR count). The van der Waals surface area contributed by atoms with Crippen molar-refractivity contribution in [2.45, 2.75) is 91.6 Å². The number of rotatable bonds is 5. The standard InChI is InChI=1S/C33H46N4O5/c1-22(2)41-31(39)34-29-19-23(3)37(24(4)38)30-14-13-27(20-28(29)30)26-11-9-25(10-12-26)21-35-15-8-16-36(18-17-35)32(40)42-33(5,6)7/h9-14,20,22-23,29H,8,15-19,21H2,1-7H3,(H,34,39). The number of benzene rings is 2. The van der Waals surface area contributed by atoms with E-state index in [1.807, 2.05) is 58.6 Å². The largest absolute Gasteiger partial charge is 0.447 e. The van der Waals surface area contributed by atoms with Crippen molar-refractivity contribution in [3.63, 3.8) is 0 Å². The first-order valence-corrected chi connectivity index (χ1v) is 15.0. The molecule has 2 aliphatic heterocycles. The molecule has 0 bridgehead atoms. The minimum atomic E-state index is -0.495. The van der Waals surface area contributed by atoms with Crippen molar-refractivity contribution in [2.24, 2.45) is 0 Å². The number of carbonyl (C=O) groups excluding carboxylic acids is 3. The SMILES string of the molecule is CC(=O)N1c2ccc(-c3ccc(CN4CCCN(C(=O)OC(C)(C)C)CC4)cc3)cc2C(NC(=O)OC(C)C)CC1C. The second-order valence-electron chi connectivity index (χ2n) is 12.7. The Balaban J connectivity index is 1.47. The maximum Gasteiger partial charge on any atom is 0.410 e. The summed E-state index contributed by atoms with van der Waals surface area (Å²) >= 11 is 0. The van der Waals surface area contributed by atoms with Crippen LogP contribution in [0.4, 0.5) is 15.3 Å². The Bertz CT molecular complexity index is 1270. The highest BCUT2D eigenvalue weighted by atomic mass is 16.6. The van der Waals surface area contributed by atoms with Gasteiger partial charge in [-0.1, -0.05) is 30.3 Å². The number of amides is 3. The zero-order valence-electron chi connectivity index (χ0n) is 26.1. The van der Waals surface area contributed by atoms with Gasteiger partial charge in [0.1, 0.15) is 5.60 Å². The number of carbonyl (C=O) groups is 3. The quantitative estimate of drug-likeness (QED) is 0.460. The summed E-state index contributed by atoms with van der Waals surface area (Å²) in [5, 5.41) is 3.02. The molecule has 9 nitrogen and oxygen atoms in total. The Hall–Kier alpha value is -3.59. The molecule has 0 aromatic heterocycles. The van der Waals surface area contributed by atoms with Gasteiger partial charge in [-0.05, 0) is 88.8 Å². The van der Waals surface area contributed by atoms with Crippen molar-refractivity contribution in [3.8, 4) is 11.1 Å². The van der Waals surface area contributed by atoms with Crippen molar-refractivity contribution >= 4 is 23.8 Å². The molecule has 42 heavy (non-hydrogen) atoms. The lowest BCUT2D eigenvalue weighted by Crippen LogP contribution is -2.45. The summed E-state index contributed by atoms with van der Waals surface area (Å²) in [6.45, 7) is 16.8. The van der Waals surface area contributed by atoms with Crippen LogP contribution in [0, 0.1) is 0 Å². The lowest BCUT2D eigenvalue weighted by molar-refractivity contribution is -0.117. The van der Waals surface area contributed by atoms with E-state index in [1.165, 1.54) is 5.56 Å². The number of alkyl carbamates (subject to hydrolysis) is 1. The van der Waals surface area contributed by atoms with Crippen molar-refractivity contribution in [2.75, 3.05) is 31.1 Å². The van der Waals surface area contributed by atoms with Gasteiger partial charge in [-0.2, -0.15) is 0 Å². The van der Waals surface area contributed by atoms with Crippen LogP contribution in [-0.2, 0) is 20.8 Å². The minimum absolute atomic E-state index is 0.0215. The second kappa shape index (κ2) is 13.2. The zero-order chi connectivity index (χ0) is 30.6. The maximum absolute atomic E-state index is 12.5. The molecule has 1 fully saturated rings. The molecular formula is C33H46N4O5. The lowest BCUT2D eigenvalue weighted by atomic mass is 9.89. The second-order valence-corrected chi connectivity index (χ2v) is 12.7. The molecule has 3 amide bonds. The molecule has 2 heterocycles. The normalized spacial score (nSPS) is 19.6. The van der Waals surface area contributed by atoms with Gasteiger partial charge in [0.05, 0.1) is 12.1 Å². The van der Waals surface area contributed by atoms with E-state index in [1.54, 1.807) is 11.8 Å².